The molecule has 0 aromatic heterocycles. The van der Waals surface area contributed by atoms with Crippen LogP contribution in [0, 0.1) is 5.92 Å². The van der Waals surface area contributed by atoms with E-state index in [0.29, 0.717) is 12.6 Å². The zero-order valence-corrected chi connectivity index (χ0v) is 9.98. The first-order chi connectivity index (χ1) is 8.33. The summed E-state index contributed by atoms with van der Waals surface area (Å²) in [5, 5.41) is 13.0. The van der Waals surface area contributed by atoms with Crippen molar-refractivity contribution >= 4 is 0 Å². The summed E-state index contributed by atoms with van der Waals surface area (Å²) >= 11 is 0. The van der Waals surface area contributed by atoms with E-state index in [2.05, 4.69) is 5.32 Å². The average molecular weight is 233 g/mol. The van der Waals surface area contributed by atoms with Gasteiger partial charge in [0.1, 0.15) is 18.1 Å². The molecule has 3 nitrogen and oxygen atoms in total. The second-order valence-electron chi connectivity index (χ2n) is 5.14. The Morgan fingerprint density at radius 3 is 2.94 bits per heavy atom. The number of aromatic hydroxyl groups is 1. The van der Waals surface area contributed by atoms with Gasteiger partial charge in [-0.3, -0.25) is 0 Å². The lowest BCUT2D eigenvalue weighted by atomic mass is 10.1. The Morgan fingerprint density at radius 1 is 1.29 bits per heavy atom. The molecule has 2 N–H and O–H groups in total. The van der Waals surface area contributed by atoms with Crippen molar-refractivity contribution in [3.8, 4) is 11.5 Å². The molecule has 3 heteroatoms. The predicted octanol–water partition coefficient (Wildman–Crippen LogP) is 2.61. The maximum Gasteiger partial charge on any atom is 0.127 e. The topological polar surface area (TPSA) is 41.5 Å². The van der Waals surface area contributed by atoms with Gasteiger partial charge >= 0.3 is 0 Å². The Morgan fingerprint density at radius 2 is 2.12 bits per heavy atom. The highest BCUT2D eigenvalue weighted by Gasteiger charge is 2.25. The number of benzene rings is 1. The van der Waals surface area contributed by atoms with Crippen LogP contribution < -0.4 is 10.1 Å². The minimum absolute atomic E-state index is 0.278. The van der Waals surface area contributed by atoms with Crippen LogP contribution in [0.3, 0.4) is 0 Å². The third kappa shape index (κ3) is 2.25. The Bertz CT molecular complexity index is 399. The molecule has 17 heavy (non-hydrogen) atoms. The van der Waals surface area contributed by atoms with Crippen LogP contribution in [-0.4, -0.2) is 18.3 Å². The Kier molecular flexibility index (Phi) is 2.93. The van der Waals surface area contributed by atoms with Crippen LogP contribution in [0.4, 0.5) is 0 Å². The van der Waals surface area contributed by atoms with Crippen molar-refractivity contribution in [3.63, 3.8) is 0 Å². The van der Waals surface area contributed by atoms with Gasteiger partial charge in [0.2, 0.25) is 0 Å². The lowest BCUT2D eigenvalue weighted by molar-refractivity contribution is 0.302. The number of nitrogens with one attached hydrogen (secondary N) is 1. The van der Waals surface area contributed by atoms with Crippen LogP contribution in [0.5, 0.6) is 11.5 Å². The van der Waals surface area contributed by atoms with Crippen LogP contribution in [0.1, 0.15) is 37.3 Å². The number of ether oxygens (including phenoxy) is 1. The van der Waals surface area contributed by atoms with Crippen LogP contribution in [0.15, 0.2) is 18.2 Å². The van der Waals surface area contributed by atoms with Crippen molar-refractivity contribution in [1.82, 2.24) is 5.32 Å². The predicted molar refractivity (Wildman–Crippen MR) is 66.3 cm³/mol. The molecule has 1 atom stereocenters. The van der Waals surface area contributed by atoms with Crippen molar-refractivity contribution in [2.75, 3.05) is 13.2 Å². The smallest absolute Gasteiger partial charge is 0.127 e. The summed E-state index contributed by atoms with van der Waals surface area (Å²) in [5.41, 5.74) is 1.18. The summed E-state index contributed by atoms with van der Waals surface area (Å²) in [5.74, 6) is 1.95. The maximum atomic E-state index is 9.38. The molecule has 0 radical (unpaired) electrons. The fourth-order valence-electron chi connectivity index (χ4n) is 2.89. The van der Waals surface area contributed by atoms with E-state index in [1.807, 2.05) is 6.07 Å². The quantitative estimate of drug-likeness (QED) is 0.843. The highest BCUT2D eigenvalue weighted by molar-refractivity contribution is 5.44. The molecule has 1 aliphatic heterocycles. The van der Waals surface area contributed by atoms with E-state index in [4.69, 9.17) is 4.74 Å². The summed E-state index contributed by atoms with van der Waals surface area (Å²) < 4.78 is 5.58. The molecule has 92 valence electrons. The van der Waals surface area contributed by atoms with E-state index >= 15 is 0 Å². The van der Waals surface area contributed by atoms with E-state index in [9.17, 15) is 5.11 Å². The summed E-state index contributed by atoms with van der Waals surface area (Å²) in [6.45, 7) is 1.78. The van der Waals surface area contributed by atoms with Crippen molar-refractivity contribution in [2.24, 2.45) is 5.92 Å². The molecule has 0 amide bonds. The van der Waals surface area contributed by atoms with Gasteiger partial charge in [-0.15, -0.1) is 0 Å². The number of fused-ring (bicyclic) bond motifs is 1. The van der Waals surface area contributed by atoms with Crippen LogP contribution in [0.25, 0.3) is 0 Å². The first-order valence-corrected chi connectivity index (χ1v) is 6.52. The lowest BCUT2D eigenvalue weighted by Crippen LogP contribution is -2.27. The van der Waals surface area contributed by atoms with E-state index in [0.717, 1.165) is 18.2 Å². The average Bonchev–Trinajstić information content (AvgIpc) is 2.94. The monoisotopic (exact) mass is 233 g/mol. The Hall–Kier alpha value is -1.22. The molecule has 1 aromatic rings. The van der Waals surface area contributed by atoms with E-state index < -0.39 is 0 Å². The fourth-order valence-corrected chi connectivity index (χ4v) is 2.89. The first kappa shape index (κ1) is 10.9. The minimum Gasteiger partial charge on any atom is -0.508 e. The molecule has 1 heterocycles. The molecule has 0 saturated heterocycles. The van der Waals surface area contributed by atoms with Gasteiger partial charge in [-0.2, -0.15) is 0 Å². The van der Waals surface area contributed by atoms with Crippen LogP contribution >= 0.6 is 0 Å². The summed E-state index contributed by atoms with van der Waals surface area (Å²) in [4.78, 5) is 0. The van der Waals surface area contributed by atoms with Gasteiger partial charge in [0.05, 0.1) is 6.04 Å². The molecule has 0 bridgehead atoms. The normalized spacial score (nSPS) is 23.6. The number of phenolic OH excluding ortho intramolecular Hbond substituents is 1. The number of hydrogen-bond donors (Lipinski definition) is 2. The summed E-state index contributed by atoms with van der Waals surface area (Å²) in [6.07, 6.45) is 5.50. The van der Waals surface area contributed by atoms with E-state index in [-0.39, 0.29) is 5.75 Å². The van der Waals surface area contributed by atoms with Gasteiger partial charge in [0, 0.05) is 11.6 Å². The molecule has 1 aliphatic carbocycles. The lowest BCUT2D eigenvalue weighted by Gasteiger charge is -2.15. The number of phenols is 1. The third-order valence-corrected chi connectivity index (χ3v) is 3.91. The van der Waals surface area contributed by atoms with Gasteiger partial charge in [-0.25, -0.2) is 0 Å². The van der Waals surface area contributed by atoms with Gasteiger partial charge in [-0.1, -0.05) is 12.8 Å². The Balaban J connectivity index is 1.63. The highest BCUT2D eigenvalue weighted by atomic mass is 16.5. The van der Waals surface area contributed by atoms with Crippen LogP contribution in [0.2, 0.25) is 0 Å². The molecular weight excluding hydrogens is 214 g/mol. The molecule has 1 fully saturated rings. The van der Waals surface area contributed by atoms with Gasteiger partial charge in [0.25, 0.3) is 0 Å². The van der Waals surface area contributed by atoms with Gasteiger partial charge in [-0.05, 0) is 37.4 Å². The molecule has 2 aliphatic rings. The number of rotatable bonds is 3. The molecule has 1 aromatic carbocycles. The van der Waals surface area contributed by atoms with Crippen molar-refractivity contribution in [1.29, 1.82) is 0 Å². The molecule has 3 rings (SSSR count). The van der Waals surface area contributed by atoms with Gasteiger partial charge in [0.15, 0.2) is 0 Å². The second-order valence-corrected chi connectivity index (χ2v) is 5.14. The zero-order valence-electron chi connectivity index (χ0n) is 9.98. The molecular formula is C14H19NO2. The third-order valence-electron chi connectivity index (χ3n) is 3.91. The molecule has 1 saturated carbocycles. The highest BCUT2D eigenvalue weighted by Crippen LogP contribution is 2.35. The van der Waals surface area contributed by atoms with E-state index in [1.165, 1.54) is 31.2 Å². The summed E-state index contributed by atoms with van der Waals surface area (Å²) in [6, 6.07) is 5.69. The molecule has 1 unspecified atom stereocenters. The van der Waals surface area contributed by atoms with Crippen molar-refractivity contribution in [2.45, 2.75) is 31.7 Å². The Labute approximate surface area is 102 Å². The maximum absolute atomic E-state index is 9.38. The van der Waals surface area contributed by atoms with Crippen molar-refractivity contribution < 1.29 is 9.84 Å². The van der Waals surface area contributed by atoms with Crippen LogP contribution in [-0.2, 0) is 0 Å². The first-order valence-electron chi connectivity index (χ1n) is 6.52. The SMILES string of the molecule is Oc1ccc2c(c1)OCC2NCC1CCCC1. The zero-order chi connectivity index (χ0) is 11.7. The second kappa shape index (κ2) is 4.57. The largest absolute Gasteiger partial charge is 0.508 e. The standard InChI is InChI=1S/C14H19NO2/c16-11-5-6-12-13(9-17-14(12)7-11)15-8-10-3-1-2-4-10/h5-7,10,13,15-16H,1-4,8-9H2. The van der Waals surface area contributed by atoms with Gasteiger partial charge < -0.3 is 15.2 Å². The fraction of sp³-hybridized carbons (Fsp3) is 0.571. The summed E-state index contributed by atoms with van der Waals surface area (Å²) in [7, 11) is 0. The number of hydrogen-bond acceptors (Lipinski definition) is 3. The molecule has 0 spiro atoms. The van der Waals surface area contributed by atoms with Crippen molar-refractivity contribution in [3.05, 3.63) is 23.8 Å². The van der Waals surface area contributed by atoms with E-state index in [1.54, 1.807) is 12.1 Å². The minimum atomic E-state index is 0.278.